The zero-order valence-corrected chi connectivity index (χ0v) is 23.1. The van der Waals surface area contributed by atoms with Crippen molar-refractivity contribution < 1.29 is 23.8 Å². The number of para-hydroxylation sites is 1. The third kappa shape index (κ3) is 6.23. The van der Waals surface area contributed by atoms with Gasteiger partial charge in [0, 0.05) is 43.7 Å². The van der Waals surface area contributed by atoms with Crippen LogP contribution in [0.2, 0.25) is 19.6 Å². The van der Waals surface area contributed by atoms with Crippen molar-refractivity contribution in [3.05, 3.63) is 29.8 Å². The second-order valence-corrected chi connectivity index (χ2v) is 16.7. The van der Waals surface area contributed by atoms with Crippen LogP contribution < -0.4 is 5.38 Å². The van der Waals surface area contributed by atoms with E-state index in [1.807, 2.05) is 32.9 Å². The van der Waals surface area contributed by atoms with Crippen LogP contribution in [0.15, 0.2) is 28.7 Å². The minimum absolute atomic E-state index is 0.109. The van der Waals surface area contributed by atoms with Crippen LogP contribution in [0.4, 0.5) is 4.79 Å². The smallest absolute Gasteiger partial charge is 0.410 e. The van der Waals surface area contributed by atoms with Gasteiger partial charge in [0.2, 0.25) is 0 Å². The van der Waals surface area contributed by atoms with E-state index < -0.39 is 19.3 Å². The van der Waals surface area contributed by atoms with Crippen molar-refractivity contribution in [2.24, 2.45) is 5.92 Å². The molecule has 2 atom stereocenters. The Labute approximate surface area is 205 Å². The molecule has 2 aromatic rings. The lowest BCUT2D eigenvalue weighted by atomic mass is 9.73. The Morgan fingerprint density at radius 2 is 1.97 bits per heavy atom. The van der Waals surface area contributed by atoms with E-state index in [4.69, 9.17) is 13.9 Å². The van der Waals surface area contributed by atoms with Crippen molar-refractivity contribution in [1.29, 1.82) is 0 Å². The fraction of sp³-hybridized carbons (Fsp3) is 0.667. The number of ether oxygens (including phenoxy) is 2. The summed E-state index contributed by atoms with van der Waals surface area (Å²) in [4.78, 5) is 14.6. The Hall–Kier alpha value is -1.83. The van der Waals surface area contributed by atoms with Crippen molar-refractivity contribution in [1.82, 2.24) is 4.90 Å². The predicted octanol–water partition coefficient (Wildman–Crippen LogP) is 5.63. The minimum atomic E-state index is -1.66. The van der Waals surface area contributed by atoms with Gasteiger partial charge in [-0.1, -0.05) is 37.8 Å². The lowest BCUT2D eigenvalue weighted by Crippen LogP contribution is -2.49. The fourth-order valence-corrected chi connectivity index (χ4v) is 5.83. The summed E-state index contributed by atoms with van der Waals surface area (Å²) in [5.74, 6) is -0.109. The molecule has 1 aliphatic heterocycles. The van der Waals surface area contributed by atoms with Crippen LogP contribution in [0.25, 0.3) is 11.0 Å². The molecule has 1 aromatic heterocycles. The van der Waals surface area contributed by atoms with Crippen molar-refractivity contribution >= 4 is 30.5 Å². The molecule has 1 aliphatic rings. The van der Waals surface area contributed by atoms with Gasteiger partial charge in [-0.2, -0.15) is 0 Å². The maximum Gasteiger partial charge on any atom is 0.410 e. The van der Waals surface area contributed by atoms with Crippen LogP contribution in [0.5, 0.6) is 0 Å². The van der Waals surface area contributed by atoms with Gasteiger partial charge in [-0.3, -0.25) is 0 Å². The highest BCUT2D eigenvalue weighted by atomic mass is 28.3. The number of fused-ring (bicyclic) bond motifs is 1. The second-order valence-electron chi connectivity index (χ2n) is 11.7. The fourth-order valence-electron chi connectivity index (χ4n) is 4.83. The third-order valence-electron chi connectivity index (χ3n) is 6.65. The van der Waals surface area contributed by atoms with Gasteiger partial charge in [0.1, 0.15) is 19.3 Å². The van der Waals surface area contributed by atoms with E-state index in [9.17, 15) is 9.90 Å². The van der Waals surface area contributed by atoms with E-state index in [1.54, 1.807) is 12.0 Å². The van der Waals surface area contributed by atoms with Crippen LogP contribution in [0, 0.1) is 5.92 Å². The zero-order chi connectivity index (χ0) is 25.1. The minimum Gasteiger partial charge on any atom is -0.466 e. The summed E-state index contributed by atoms with van der Waals surface area (Å²) in [6.45, 7) is 14.2. The Bertz CT molecular complexity index is 974. The first-order chi connectivity index (χ1) is 15.8. The molecule has 190 valence electrons. The monoisotopic (exact) mass is 489 g/mol. The number of unbranched alkanes of at least 4 members (excludes halogenated alkanes) is 1. The first kappa shape index (κ1) is 26.8. The van der Waals surface area contributed by atoms with Crippen LogP contribution in [0.3, 0.4) is 0 Å². The first-order valence-electron chi connectivity index (χ1n) is 12.6. The number of rotatable bonds is 8. The topological polar surface area (TPSA) is 72.1 Å². The number of benzene rings is 1. The van der Waals surface area contributed by atoms with E-state index in [0.717, 1.165) is 47.6 Å². The summed E-state index contributed by atoms with van der Waals surface area (Å²) in [5, 5.41) is 14.5. The highest BCUT2D eigenvalue weighted by Gasteiger charge is 2.43. The van der Waals surface area contributed by atoms with E-state index >= 15 is 0 Å². The number of likely N-dealkylation sites (tertiary alicyclic amines) is 1. The molecule has 0 aliphatic carbocycles. The zero-order valence-electron chi connectivity index (χ0n) is 22.1. The van der Waals surface area contributed by atoms with Crippen molar-refractivity contribution in [3.8, 4) is 0 Å². The molecule has 1 N–H and O–H groups in total. The standard InChI is InChI=1S/C27H43NO5Si/c1-26(2,3)33-25(29)28-16-11-13-21(19-28)27(30,15-8-9-17-31-4)22-14-10-12-20-18-23(32-24(20)22)34(5,6)7/h10,12,14,18,21,30H,8-9,11,13,15-17,19H2,1-7H3/t21-,27+/m1/s1. The number of aliphatic hydroxyl groups is 1. The van der Waals surface area contributed by atoms with Gasteiger partial charge in [0.25, 0.3) is 0 Å². The van der Waals surface area contributed by atoms with Crippen molar-refractivity contribution in [3.63, 3.8) is 0 Å². The number of hydrogen-bond acceptors (Lipinski definition) is 5. The van der Waals surface area contributed by atoms with Crippen molar-refractivity contribution in [2.75, 3.05) is 26.8 Å². The van der Waals surface area contributed by atoms with E-state index in [0.29, 0.717) is 26.1 Å². The molecule has 34 heavy (non-hydrogen) atoms. The average Bonchev–Trinajstić information content (AvgIpc) is 3.20. The second kappa shape index (κ2) is 10.4. The Morgan fingerprint density at radius 3 is 2.62 bits per heavy atom. The normalized spacial score (nSPS) is 19.3. The molecule has 3 rings (SSSR count). The molecule has 1 saturated heterocycles. The van der Waals surface area contributed by atoms with Crippen LogP contribution >= 0.6 is 0 Å². The van der Waals surface area contributed by atoms with Gasteiger partial charge in [0.15, 0.2) is 0 Å². The van der Waals surface area contributed by atoms with Crippen molar-refractivity contribution in [2.45, 2.75) is 83.7 Å². The molecule has 1 amide bonds. The van der Waals surface area contributed by atoms with Gasteiger partial charge in [0.05, 0.1) is 11.0 Å². The molecule has 1 aromatic carbocycles. The van der Waals surface area contributed by atoms with E-state index in [2.05, 4.69) is 31.8 Å². The molecular formula is C27H43NO5Si. The molecule has 7 heteroatoms. The lowest BCUT2D eigenvalue weighted by molar-refractivity contribution is -0.0637. The maximum absolute atomic E-state index is 12.8. The summed E-state index contributed by atoms with van der Waals surface area (Å²) in [5.41, 5.74) is -0.0396. The quantitative estimate of drug-likeness (QED) is 0.384. The molecule has 0 radical (unpaired) electrons. The summed E-state index contributed by atoms with van der Waals surface area (Å²) >= 11 is 0. The van der Waals surface area contributed by atoms with Gasteiger partial charge in [-0.05, 0) is 58.9 Å². The summed E-state index contributed by atoms with van der Waals surface area (Å²) < 4.78 is 17.3. The number of nitrogens with zero attached hydrogens (tertiary/aromatic N) is 1. The van der Waals surface area contributed by atoms with Crippen LogP contribution in [0.1, 0.15) is 58.4 Å². The molecule has 0 saturated carbocycles. The molecule has 0 spiro atoms. The Kier molecular flexibility index (Phi) is 8.20. The molecule has 0 unspecified atom stereocenters. The maximum atomic E-state index is 12.8. The lowest BCUT2D eigenvalue weighted by Gasteiger charge is -2.43. The van der Waals surface area contributed by atoms with E-state index in [1.165, 1.54) is 0 Å². The highest BCUT2D eigenvalue weighted by Crippen LogP contribution is 2.43. The number of piperidine rings is 1. The SMILES string of the molecule is COCCCC[C@@](O)(c1cccc2cc([Si](C)(C)C)oc12)[C@@H]1CCCN(C(=O)OC(C)(C)C)C1. The molecule has 0 bridgehead atoms. The average molecular weight is 490 g/mol. The number of methoxy groups -OCH3 is 1. The van der Waals surface area contributed by atoms with Gasteiger partial charge in [-0.25, -0.2) is 4.79 Å². The molecule has 1 fully saturated rings. The summed E-state index contributed by atoms with van der Waals surface area (Å²) in [6, 6.07) is 8.22. The van der Waals surface area contributed by atoms with Crippen LogP contribution in [-0.4, -0.2) is 56.6 Å². The molecule has 2 heterocycles. The summed E-state index contributed by atoms with van der Waals surface area (Å²) in [7, 11) is 0.0448. The van der Waals surface area contributed by atoms with Gasteiger partial charge < -0.3 is 23.9 Å². The van der Waals surface area contributed by atoms with Gasteiger partial charge >= 0.3 is 6.09 Å². The molecule has 6 nitrogen and oxygen atoms in total. The van der Waals surface area contributed by atoms with Gasteiger partial charge in [-0.15, -0.1) is 0 Å². The number of hydrogen-bond donors (Lipinski definition) is 1. The molecular weight excluding hydrogens is 446 g/mol. The number of furan rings is 1. The number of amides is 1. The highest BCUT2D eigenvalue weighted by molar-refractivity contribution is 6.87. The Morgan fingerprint density at radius 1 is 1.24 bits per heavy atom. The third-order valence-corrected chi connectivity index (χ3v) is 8.38. The van der Waals surface area contributed by atoms with E-state index in [-0.39, 0.29) is 12.0 Å². The predicted molar refractivity (Wildman–Crippen MR) is 139 cm³/mol. The largest absolute Gasteiger partial charge is 0.466 e. The number of carbonyl (C=O) groups excluding carboxylic acids is 1. The summed E-state index contributed by atoms with van der Waals surface area (Å²) in [6.07, 6.45) is 3.65. The van der Waals surface area contributed by atoms with Crippen LogP contribution in [-0.2, 0) is 15.1 Å². The Balaban J connectivity index is 1.98. The number of carbonyl (C=O) groups is 1. The first-order valence-corrected chi connectivity index (χ1v) is 16.1.